The Morgan fingerprint density at radius 1 is 1.22 bits per heavy atom. The maximum atomic E-state index is 6.13. The van der Waals surface area contributed by atoms with Crippen LogP contribution in [0.5, 0.6) is 0 Å². The van der Waals surface area contributed by atoms with Gasteiger partial charge in [0.15, 0.2) is 5.96 Å². The maximum Gasteiger partial charge on any atom is 0.191 e. The number of aliphatic imine (C=N–C) groups is 1. The zero-order chi connectivity index (χ0) is 19.9. The summed E-state index contributed by atoms with van der Waals surface area (Å²) in [7, 11) is 6.06. The minimum Gasteiger partial charge on any atom is -0.373 e. The first-order valence-electron chi connectivity index (χ1n) is 10.1. The van der Waals surface area contributed by atoms with Crippen LogP contribution in [0.25, 0.3) is 0 Å². The van der Waals surface area contributed by atoms with Crippen LogP contribution in [0, 0.1) is 18.3 Å². The first kappa shape index (κ1) is 21.7. The van der Waals surface area contributed by atoms with E-state index in [1.165, 1.54) is 17.5 Å². The number of hydrogen-bond acceptors (Lipinski definition) is 3. The van der Waals surface area contributed by atoms with E-state index in [9.17, 15) is 0 Å². The van der Waals surface area contributed by atoms with Gasteiger partial charge in [0, 0.05) is 39.2 Å². The SMILES string of the molecule is CN=C(NCC1CCCOC1c1ccc(C)cc1)NCC(C)(C)CN(C)C. The number of ether oxygens (including phenoxy) is 1. The summed E-state index contributed by atoms with van der Waals surface area (Å²) in [5.41, 5.74) is 2.75. The number of hydrogen-bond donors (Lipinski definition) is 2. The Kier molecular flexibility index (Phi) is 8.11. The third-order valence-corrected chi connectivity index (χ3v) is 5.08. The first-order chi connectivity index (χ1) is 12.8. The molecule has 152 valence electrons. The third kappa shape index (κ3) is 7.15. The van der Waals surface area contributed by atoms with Crippen molar-refractivity contribution >= 4 is 5.96 Å². The van der Waals surface area contributed by atoms with E-state index in [1.54, 1.807) is 0 Å². The van der Waals surface area contributed by atoms with E-state index in [0.29, 0.717) is 5.92 Å². The molecule has 0 spiro atoms. The molecule has 0 aliphatic carbocycles. The molecule has 1 aliphatic heterocycles. The second kappa shape index (κ2) is 10.1. The van der Waals surface area contributed by atoms with Gasteiger partial charge in [-0.05, 0) is 44.8 Å². The number of rotatable bonds is 7. The van der Waals surface area contributed by atoms with E-state index < -0.39 is 0 Å². The van der Waals surface area contributed by atoms with Crippen molar-refractivity contribution in [2.75, 3.05) is 47.4 Å². The van der Waals surface area contributed by atoms with Crippen LogP contribution in [0.3, 0.4) is 0 Å². The average molecular weight is 375 g/mol. The highest BCUT2D eigenvalue weighted by Crippen LogP contribution is 2.33. The number of benzene rings is 1. The first-order valence-corrected chi connectivity index (χ1v) is 10.1. The van der Waals surface area contributed by atoms with Crippen LogP contribution in [0.4, 0.5) is 0 Å². The summed E-state index contributed by atoms with van der Waals surface area (Å²) in [6.07, 6.45) is 2.46. The van der Waals surface area contributed by atoms with Gasteiger partial charge in [0.1, 0.15) is 0 Å². The van der Waals surface area contributed by atoms with E-state index in [4.69, 9.17) is 4.74 Å². The molecule has 2 unspecified atom stereocenters. The molecule has 1 aromatic carbocycles. The lowest BCUT2D eigenvalue weighted by Crippen LogP contribution is -2.46. The molecular weight excluding hydrogens is 336 g/mol. The lowest BCUT2D eigenvalue weighted by atomic mass is 9.89. The molecule has 1 fully saturated rings. The molecule has 0 saturated carbocycles. The van der Waals surface area contributed by atoms with Crippen molar-refractivity contribution in [1.82, 2.24) is 15.5 Å². The predicted molar refractivity (Wildman–Crippen MR) is 114 cm³/mol. The normalized spacial score (nSPS) is 21.4. The second-order valence-corrected chi connectivity index (χ2v) is 8.81. The Bertz CT molecular complexity index is 595. The summed E-state index contributed by atoms with van der Waals surface area (Å²) in [6.45, 7) is 10.3. The summed E-state index contributed by atoms with van der Waals surface area (Å²) in [5, 5.41) is 7.01. The predicted octanol–water partition coefficient (Wildman–Crippen LogP) is 3.22. The summed E-state index contributed by atoms with van der Waals surface area (Å²) in [6, 6.07) is 8.75. The van der Waals surface area contributed by atoms with E-state index in [0.717, 1.165) is 38.6 Å². The quantitative estimate of drug-likeness (QED) is 0.568. The van der Waals surface area contributed by atoms with E-state index in [-0.39, 0.29) is 11.5 Å². The number of aryl methyl sites for hydroxylation is 1. The highest BCUT2D eigenvalue weighted by atomic mass is 16.5. The van der Waals surface area contributed by atoms with Gasteiger partial charge in [-0.2, -0.15) is 0 Å². The van der Waals surface area contributed by atoms with Gasteiger partial charge in [0.25, 0.3) is 0 Å². The minimum atomic E-state index is 0.162. The van der Waals surface area contributed by atoms with Crippen molar-refractivity contribution in [3.05, 3.63) is 35.4 Å². The molecule has 2 N–H and O–H groups in total. The van der Waals surface area contributed by atoms with Gasteiger partial charge in [0.2, 0.25) is 0 Å². The van der Waals surface area contributed by atoms with Gasteiger partial charge >= 0.3 is 0 Å². The zero-order valence-electron chi connectivity index (χ0n) is 18.0. The third-order valence-electron chi connectivity index (χ3n) is 5.08. The molecule has 0 radical (unpaired) electrons. The molecule has 0 bridgehead atoms. The number of guanidine groups is 1. The monoisotopic (exact) mass is 374 g/mol. The Morgan fingerprint density at radius 3 is 2.56 bits per heavy atom. The van der Waals surface area contributed by atoms with Crippen LogP contribution in [0.15, 0.2) is 29.3 Å². The summed E-state index contributed by atoms with van der Waals surface area (Å²) < 4.78 is 6.13. The van der Waals surface area contributed by atoms with Crippen LogP contribution >= 0.6 is 0 Å². The highest BCUT2D eigenvalue weighted by Gasteiger charge is 2.27. The molecule has 1 heterocycles. The second-order valence-electron chi connectivity index (χ2n) is 8.81. The molecule has 1 aliphatic rings. The smallest absolute Gasteiger partial charge is 0.191 e. The average Bonchev–Trinajstić information content (AvgIpc) is 2.62. The fourth-order valence-electron chi connectivity index (χ4n) is 3.86. The van der Waals surface area contributed by atoms with E-state index in [2.05, 4.69) is 79.7 Å². The van der Waals surface area contributed by atoms with Gasteiger partial charge in [-0.1, -0.05) is 43.7 Å². The van der Waals surface area contributed by atoms with Crippen molar-refractivity contribution < 1.29 is 4.74 Å². The van der Waals surface area contributed by atoms with Crippen LogP contribution in [0.1, 0.15) is 43.9 Å². The molecule has 5 heteroatoms. The summed E-state index contributed by atoms with van der Waals surface area (Å²) in [5.74, 6) is 1.32. The Labute approximate surface area is 165 Å². The summed E-state index contributed by atoms with van der Waals surface area (Å²) >= 11 is 0. The molecular formula is C22H38N4O. The molecule has 27 heavy (non-hydrogen) atoms. The lowest BCUT2D eigenvalue weighted by molar-refractivity contribution is -0.0265. The van der Waals surface area contributed by atoms with Gasteiger partial charge in [-0.3, -0.25) is 4.99 Å². The van der Waals surface area contributed by atoms with Crippen molar-refractivity contribution in [3.63, 3.8) is 0 Å². The van der Waals surface area contributed by atoms with Crippen molar-refractivity contribution in [2.45, 2.75) is 39.7 Å². The van der Waals surface area contributed by atoms with Crippen LogP contribution < -0.4 is 10.6 Å². The van der Waals surface area contributed by atoms with Gasteiger partial charge in [-0.25, -0.2) is 0 Å². The maximum absolute atomic E-state index is 6.13. The lowest BCUT2D eigenvalue weighted by Gasteiger charge is -2.33. The van der Waals surface area contributed by atoms with Crippen LogP contribution in [-0.2, 0) is 4.74 Å². The number of nitrogens with zero attached hydrogens (tertiary/aromatic N) is 2. The topological polar surface area (TPSA) is 48.9 Å². The van der Waals surface area contributed by atoms with Crippen molar-refractivity contribution in [2.24, 2.45) is 16.3 Å². The Balaban J connectivity index is 1.90. The van der Waals surface area contributed by atoms with Crippen molar-refractivity contribution in [1.29, 1.82) is 0 Å². The van der Waals surface area contributed by atoms with Gasteiger partial charge in [-0.15, -0.1) is 0 Å². The van der Waals surface area contributed by atoms with E-state index in [1.807, 2.05) is 7.05 Å². The fraction of sp³-hybridized carbons (Fsp3) is 0.682. The van der Waals surface area contributed by atoms with Gasteiger partial charge in [0.05, 0.1) is 6.10 Å². The molecule has 1 saturated heterocycles. The van der Waals surface area contributed by atoms with Crippen LogP contribution in [-0.4, -0.2) is 58.2 Å². The zero-order valence-corrected chi connectivity index (χ0v) is 18.0. The van der Waals surface area contributed by atoms with Gasteiger partial charge < -0.3 is 20.3 Å². The highest BCUT2D eigenvalue weighted by molar-refractivity contribution is 5.79. The minimum absolute atomic E-state index is 0.162. The van der Waals surface area contributed by atoms with Crippen LogP contribution in [0.2, 0.25) is 0 Å². The molecule has 1 aromatic rings. The summed E-state index contributed by atoms with van der Waals surface area (Å²) in [4.78, 5) is 6.63. The number of nitrogens with one attached hydrogen (secondary N) is 2. The Hall–Kier alpha value is -1.59. The van der Waals surface area contributed by atoms with E-state index >= 15 is 0 Å². The molecule has 2 atom stereocenters. The van der Waals surface area contributed by atoms with Crippen molar-refractivity contribution in [3.8, 4) is 0 Å². The molecule has 0 amide bonds. The largest absolute Gasteiger partial charge is 0.373 e. The standard InChI is InChI=1S/C22H38N4O/c1-17-9-11-18(12-10-17)20-19(8-7-13-27-20)14-24-21(23-4)25-15-22(2,3)16-26(5)6/h9-12,19-20H,7-8,13-16H2,1-6H3,(H2,23,24,25). The fourth-order valence-corrected chi connectivity index (χ4v) is 3.86. The molecule has 5 nitrogen and oxygen atoms in total. The Morgan fingerprint density at radius 2 is 1.93 bits per heavy atom. The molecule has 2 rings (SSSR count). The molecule has 0 aromatic heterocycles.